The molecule has 1 unspecified atom stereocenters. The maximum absolute atomic E-state index is 13.4. The minimum absolute atomic E-state index is 0.0387. The highest BCUT2D eigenvalue weighted by molar-refractivity contribution is 7.98. The van der Waals surface area contributed by atoms with Crippen molar-refractivity contribution < 1.29 is 23.8 Å². The lowest BCUT2D eigenvalue weighted by atomic mass is 9.95. The predicted molar refractivity (Wildman–Crippen MR) is 170 cm³/mol. The van der Waals surface area contributed by atoms with Gasteiger partial charge in [-0.3, -0.25) is 4.79 Å². The number of fused-ring (bicyclic) bond motifs is 1. The number of hydrogen-bond acceptors (Lipinski definition) is 9. The van der Waals surface area contributed by atoms with Crippen molar-refractivity contribution in [2.75, 3.05) is 38.2 Å². The first kappa shape index (κ1) is 31.7. The Balaban J connectivity index is 1.45. The molecule has 1 fully saturated rings. The van der Waals surface area contributed by atoms with Gasteiger partial charge in [0.1, 0.15) is 6.04 Å². The molecule has 1 N–H and O–H groups in total. The topological polar surface area (TPSA) is 108 Å². The molecule has 5 rings (SSSR count). The second-order valence-electron chi connectivity index (χ2n) is 10.6. The molecule has 0 spiro atoms. The summed E-state index contributed by atoms with van der Waals surface area (Å²) in [5, 5.41) is 9.27. The molecule has 2 aliphatic rings. The number of carbonyl (C=O) groups excluding carboxylic acids is 2. The number of esters is 1. The van der Waals surface area contributed by atoms with Gasteiger partial charge in [0.15, 0.2) is 18.1 Å². The van der Waals surface area contributed by atoms with Crippen LogP contribution in [0.15, 0.2) is 58.9 Å². The Morgan fingerprint density at radius 1 is 1.07 bits per heavy atom. The number of anilines is 1. The van der Waals surface area contributed by atoms with Gasteiger partial charge >= 0.3 is 5.97 Å². The van der Waals surface area contributed by atoms with E-state index in [1.807, 2.05) is 62.1 Å². The van der Waals surface area contributed by atoms with Crippen LogP contribution in [0, 0.1) is 0 Å². The summed E-state index contributed by atoms with van der Waals surface area (Å²) in [4.78, 5) is 32.8. The molecule has 3 heterocycles. The van der Waals surface area contributed by atoms with Gasteiger partial charge in [-0.25, -0.2) is 9.48 Å². The molecule has 10 nitrogen and oxygen atoms in total. The summed E-state index contributed by atoms with van der Waals surface area (Å²) < 4.78 is 19.2. The van der Waals surface area contributed by atoms with Crippen LogP contribution >= 0.6 is 23.4 Å². The maximum Gasteiger partial charge on any atom is 0.338 e. The molecule has 1 amide bonds. The molecule has 0 radical (unpaired) electrons. The number of benzene rings is 2. The molecule has 0 saturated carbocycles. The number of nitrogens with one attached hydrogen (secondary N) is 1. The summed E-state index contributed by atoms with van der Waals surface area (Å²) in [5.41, 5.74) is 2.77. The van der Waals surface area contributed by atoms with Gasteiger partial charge in [0.25, 0.3) is 5.91 Å². The first-order chi connectivity index (χ1) is 21.4. The molecule has 2 aromatic carbocycles. The van der Waals surface area contributed by atoms with Gasteiger partial charge in [-0.15, -0.1) is 5.10 Å². The van der Waals surface area contributed by atoms with Crippen LogP contribution in [0.25, 0.3) is 0 Å². The van der Waals surface area contributed by atoms with Crippen molar-refractivity contribution in [3.8, 4) is 11.5 Å². The monoisotopic (exact) mass is 639 g/mol. The van der Waals surface area contributed by atoms with Crippen LogP contribution in [0.5, 0.6) is 11.5 Å². The lowest BCUT2D eigenvalue weighted by Crippen LogP contribution is -2.38. The van der Waals surface area contributed by atoms with Crippen LogP contribution in [0.2, 0.25) is 5.02 Å². The van der Waals surface area contributed by atoms with Gasteiger partial charge < -0.3 is 24.4 Å². The van der Waals surface area contributed by atoms with Crippen molar-refractivity contribution in [2.45, 2.75) is 63.4 Å². The second kappa shape index (κ2) is 14.9. The first-order valence-corrected chi connectivity index (χ1v) is 16.4. The smallest absolute Gasteiger partial charge is 0.338 e. The van der Waals surface area contributed by atoms with Crippen molar-refractivity contribution in [2.24, 2.45) is 0 Å². The van der Waals surface area contributed by atoms with Crippen LogP contribution in [-0.4, -0.2) is 64.5 Å². The van der Waals surface area contributed by atoms with E-state index in [1.54, 1.807) is 10.7 Å². The van der Waals surface area contributed by atoms with Gasteiger partial charge in [0, 0.05) is 29.6 Å². The van der Waals surface area contributed by atoms with Gasteiger partial charge in [0.05, 0.1) is 18.8 Å². The van der Waals surface area contributed by atoms with Crippen molar-refractivity contribution in [3.05, 3.63) is 69.9 Å². The van der Waals surface area contributed by atoms with E-state index in [4.69, 9.17) is 35.9 Å². The average Bonchev–Trinajstić information content (AvgIpc) is 3.44. The summed E-state index contributed by atoms with van der Waals surface area (Å²) >= 11 is 7.82. The zero-order valence-electron chi connectivity index (χ0n) is 25.3. The van der Waals surface area contributed by atoms with Gasteiger partial charge in [-0.2, -0.15) is 4.98 Å². The minimum Gasteiger partial charge on any atom is -0.490 e. The highest BCUT2D eigenvalue weighted by Crippen LogP contribution is 2.40. The molecule has 44 heavy (non-hydrogen) atoms. The molecule has 1 atom stereocenters. The van der Waals surface area contributed by atoms with E-state index in [1.165, 1.54) is 11.8 Å². The third-order valence-corrected chi connectivity index (χ3v) is 8.70. The van der Waals surface area contributed by atoms with Gasteiger partial charge in [-0.05, 0) is 68.9 Å². The van der Waals surface area contributed by atoms with E-state index in [-0.39, 0.29) is 12.5 Å². The number of aromatic nitrogens is 3. The van der Waals surface area contributed by atoms with Crippen LogP contribution in [0.3, 0.4) is 0 Å². The number of piperidine rings is 1. The van der Waals surface area contributed by atoms with Crippen LogP contribution in [0.4, 0.5) is 5.95 Å². The van der Waals surface area contributed by atoms with Gasteiger partial charge in [0.2, 0.25) is 11.1 Å². The Bertz CT molecular complexity index is 1520. The number of thioether (sulfide) groups is 1. The van der Waals surface area contributed by atoms with Crippen molar-refractivity contribution in [1.82, 2.24) is 19.7 Å². The average molecular weight is 640 g/mol. The number of rotatable bonds is 12. The van der Waals surface area contributed by atoms with E-state index in [0.717, 1.165) is 43.5 Å². The van der Waals surface area contributed by atoms with E-state index >= 15 is 0 Å². The number of halogens is 1. The fraction of sp³-hybridized carbons (Fsp3) is 0.438. The highest BCUT2D eigenvalue weighted by atomic mass is 35.5. The molecule has 1 aromatic heterocycles. The van der Waals surface area contributed by atoms with Gasteiger partial charge in [-0.1, -0.05) is 54.6 Å². The van der Waals surface area contributed by atoms with Crippen LogP contribution in [0.1, 0.15) is 63.6 Å². The van der Waals surface area contributed by atoms with Crippen molar-refractivity contribution in [3.63, 3.8) is 0 Å². The third kappa shape index (κ3) is 7.32. The third-order valence-electron chi connectivity index (χ3n) is 7.45. The quantitative estimate of drug-likeness (QED) is 0.182. The van der Waals surface area contributed by atoms with Crippen LogP contribution < -0.4 is 14.8 Å². The fourth-order valence-electron chi connectivity index (χ4n) is 5.25. The number of ether oxygens (including phenoxy) is 3. The molecular formula is C32H38ClN5O5S. The molecule has 3 aromatic rings. The lowest BCUT2D eigenvalue weighted by molar-refractivity contribution is -0.139. The Morgan fingerprint density at radius 2 is 1.86 bits per heavy atom. The summed E-state index contributed by atoms with van der Waals surface area (Å²) in [6, 6.07) is 12.5. The van der Waals surface area contributed by atoms with E-state index in [9.17, 15) is 9.59 Å². The number of likely N-dealkylation sites (tertiary alicyclic amines) is 1. The summed E-state index contributed by atoms with van der Waals surface area (Å²) in [7, 11) is 0. The number of carbonyl (C=O) groups is 2. The zero-order valence-corrected chi connectivity index (χ0v) is 26.9. The summed E-state index contributed by atoms with van der Waals surface area (Å²) in [5.74, 6) is 1.56. The minimum atomic E-state index is -0.638. The normalized spacial score (nSPS) is 16.3. The molecule has 0 aliphatic carbocycles. The van der Waals surface area contributed by atoms with Crippen molar-refractivity contribution >= 4 is 41.2 Å². The standard InChI is InChI=1S/C32H38ClN5O5S/c1-4-17-42-30(40)28-21(3)34-31-35-32(44-20-23-11-7-8-12-24(23)33)36-38(31)29(28)22-13-14-25(26(18-22)41-5-2)43-19-27(39)37-15-9-6-10-16-37/h7-8,11-14,18,29H,4-6,9-10,15-17,19-20H2,1-3H3,(H,34,35,36). The molecule has 1 saturated heterocycles. The molecular weight excluding hydrogens is 602 g/mol. The number of hydrogen-bond donors (Lipinski definition) is 1. The fourth-order valence-corrected chi connectivity index (χ4v) is 6.37. The highest BCUT2D eigenvalue weighted by Gasteiger charge is 2.36. The SMILES string of the molecule is CCCOC(=O)C1=C(C)Nc2nc(SCc3ccccc3Cl)nn2C1c1ccc(OCC(=O)N2CCCCC2)c(OCC)c1. The van der Waals surface area contributed by atoms with Crippen LogP contribution in [-0.2, 0) is 20.1 Å². The second-order valence-corrected chi connectivity index (χ2v) is 12.0. The summed E-state index contributed by atoms with van der Waals surface area (Å²) in [6.45, 7) is 7.81. The Kier molecular flexibility index (Phi) is 10.7. The number of nitrogens with zero attached hydrogens (tertiary/aromatic N) is 4. The van der Waals surface area contributed by atoms with E-state index < -0.39 is 12.0 Å². The predicted octanol–water partition coefficient (Wildman–Crippen LogP) is 6.26. The maximum atomic E-state index is 13.4. The zero-order chi connectivity index (χ0) is 31.1. The lowest BCUT2D eigenvalue weighted by Gasteiger charge is -2.29. The Hall–Kier alpha value is -3.70. The molecule has 0 bridgehead atoms. The molecule has 2 aliphatic heterocycles. The Morgan fingerprint density at radius 3 is 2.61 bits per heavy atom. The molecule has 12 heteroatoms. The van der Waals surface area contributed by atoms with E-state index in [0.29, 0.717) is 64.3 Å². The molecule has 234 valence electrons. The summed E-state index contributed by atoms with van der Waals surface area (Å²) in [6.07, 6.45) is 3.88. The largest absolute Gasteiger partial charge is 0.490 e. The number of allylic oxidation sites excluding steroid dienone is 1. The van der Waals surface area contributed by atoms with Crippen molar-refractivity contribution in [1.29, 1.82) is 0 Å². The first-order valence-electron chi connectivity index (χ1n) is 15.0. The Labute approximate surface area is 267 Å². The van der Waals surface area contributed by atoms with E-state index in [2.05, 4.69) is 5.32 Å². The number of amides is 1.